The van der Waals surface area contributed by atoms with Crippen LogP contribution in [0.5, 0.6) is 0 Å². The van der Waals surface area contributed by atoms with Crippen molar-refractivity contribution >= 4 is 23.3 Å². The zero-order chi connectivity index (χ0) is 34.3. The molecule has 4 saturated heterocycles. The second-order valence-corrected chi connectivity index (χ2v) is 17.5. The minimum absolute atomic E-state index is 0.0166. The van der Waals surface area contributed by atoms with Crippen LogP contribution in [0, 0.1) is 16.7 Å². The molecule has 264 valence electrons. The Morgan fingerprint density at radius 2 is 1.86 bits per heavy atom. The molecular formula is C42H46N4O5. The highest BCUT2D eigenvalue weighted by molar-refractivity contribution is 5.93. The van der Waals surface area contributed by atoms with Gasteiger partial charge in [0.1, 0.15) is 6.10 Å². The second-order valence-electron chi connectivity index (χ2n) is 17.5. The first-order chi connectivity index (χ1) is 24.8. The fourth-order valence-electron chi connectivity index (χ4n) is 15.0. The van der Waals surface area contributed by atoms with Gasteiger partial charge in [-0.25, -0.2) is 4.79 Å². The normalized spacial score (nSPS) is 45.4. The molecule has 4 aliphatic carbocycles. The number of piperidine rings is 1. The maximum Gasteiger partial charge on any atom is 0.335 e. The van der Waals surface area contributed by atoms with E-state index in [9.17, 15) is 9.59 Å². The molecule has 7 aliphatic heterocycles. The summed E-state index contributed by atoms with van der Waals surface area (Å²) in [5.41, 5.74) is 7.14. The molecular weight excluding hydrogens is 640 g/mol. The quantitative estimate of drug-likeness (QED) is 0.256. The first-order valence-corrected chi connectivity index (χ1v) is 19.3. The molecule has 9 nitrogen and oxygen atoms in total. The molecule has 7 heterocycles. The van der Waals surface area contributed by atoms with Crippen molar-refractivity contribution in [2.45, 2.75) is 98.6 Å². The molecule has 0 unspecified atom stereocenters. The minimum atomic E-state index is -0.347. The average molecular weight is 687 g/mol. The molecule has 7 fully saturated rings. The zero-order valence-corrected chi connectivity index (χ0v) is 29.7. The number of carbonyl (C=O) groups is 2. The second kappa shape index (κ2) is 9.28. The van der Waals surface area contributed by atoms with Gasteiger partial charge in [0.05, 0.1) is 48.8 Å². The summed E-state index contributed by atoms with van der Waals surface area (Å²) in [5, 5.41) is 7.88. The fraction of sp³-hybridized carbons (Fsp3) is 0.571. The van der Waals surface area contributed by atoms with Gasteiger partial charge < -0.3 is 24.8 Å². The number of hydrogen-bond donors (Lipinski definition) is 2. The van der Waals surface area contributed by atoms with Gasteiger partial charge in [0.25, 0.3) is 0 Å². The molecule has 9 heteroatoms. The number of nitrogens with zero attached hydrogens (tertiary/aromatic N) is 2. The van der Waals surface area contributed by atoms with E-state index in [1.807, 2.05) is 0 Å². The van der Waals surface area contributed by atoms with Crippen LogP contribution in [0.25, 0.3) is 0 Å². The Bertz CT molecular complexity index is 2050. The Morgan fingerprint density at radius 3 is 2.71 bits per heavy atom. The van der Waals surface area contributed by atoms with Crippen LogP contribution in [0.3, 0.4) is 0 Å². The molecule has 0 aromatic heterocycles. The van der Waals surface area contributed by atoms with E-state index in [2.05, 4.69) is 82.0 Å². The van der Waals surface area contributed by atoms with Crippen LogP contribution in [-0.4, -0.2) is 85.4 Å². The number of epoxide rings is 1. The van der Waals surface area contributed by atoms with Gasteiger partial charge in [-0.05, 0) is 80.3 Å². The van der Waals surface area contributed by atoms with E-state index >= 15 is 0 Å². The summed E-state index contributed by atoms with van der Waals surface area (Å²) in [6.07, 6.45) is 11.5. The number of esters is 2. The third-order valence-electron chi connectivity index (χ3n) is 16.5. The number of hydrogen-bond acceptors (Lipinski definition) is 9. The van der Waals surface area contributed by atoms with Gasteiger partial charge in [-0.2, -0.15) is 0 Å². The summed E-state index contributed by atoms with van der Waals surface area (Å²) in [7, 11) is 3.07. The van der Waals surface area contributed by atoms with Gasteiger partial charge in [0.2, 0.25) is 0 Å². The lowest BCUT2D eigenvalue weighted by Gasteiger charge is -2.67. The van der Waals surface area contributed by atoms with Gasteiger partial charge in [-0.3, -0.25) is 14.6 Å². The molecule has 11 aliphatic rings. The topological polar surface area (TPSA) is 95.7 Å². The van der Waals surface area contributed by atoms with Crippen molar-refractivity contribution in [2.75, 3.05) is 44.5 Å². The molecule has 11 atom stereocenters. The van der Waals surface area contributed by atoms with Gasteiger partial charge in [-0.15, -0.1) is 0 Å². The smallest absolute Gasteiger partial charge is 0.335 e. The summed E-state index contributed by atoms with van der Waals surface area (Å²) in [5.74, 6) is -0.476. The number of benzene rings is 2. The molecule has 0 radical (unpaired) electrons. The monoisotopic (exact) mass is 686 g/mol. The first-order valence-electron chi connectivity index (χ1n) is 19.3. The molecule has 4 spiro atoms. The third-order valence-corrected chi connectivity index (χ3v) is 16.5. The number of para-hydroxylation sites is 1. The number of rotatable bonds is 4. The molecule has 2 bridgehead atoms. The fourth-order valence-corrected chi connectivity index (χ4v) is 15.0. The third kappa shape index (κ3) is 3.03. The van der Waals surface area contributed by atoms with Crippen molar-refractivity contribution in [3.8, 4) is 0 Å². The lowest BCUT2D eigenvalue weighted by Crippen LogP contribution is -2.76. The van der Waals surface area contributed by atoms with Crippen LogP contribution in [0.4, 0.5) is 11.4 Å². The number of methoxy groups -OCH3 is 2. The van der Waals surface area contributed by atoms with Crippen molar-refractivity contribution in [1.82, 2.24) is 9.80 Å². The van der Waals surface area contributed by atoms with E-state index in [-0.39, 0.29) is 69.3 Å². The van der Waals surface area contributed by atoms with E-state index in [0.29, 0.717) is 12.5 Å². The molecule has 0 amide bonds. The lowest BCUT2D eigenvalue weighted by atomic mass is 9.39. The van der Waals surface area contributed by atoms with E-state index in [4.69, 9.17) is 14.2 Å². The number of anilines is 2. The van der Waals surface area contributed by atoms with Gasteiger partial charge >= 0.3 is 11.9 Å². The largest absolute Gasteiger partial charge is 0.469 e. The van der Waals surface area contributed by atoms with Crippen LogP contribution in [0.2, 0.25) is 0 Å². The van der Waals surface area contributed by atoms with Crippen molar-refractivity contribution in [1.29, 1.82) is 0 Å². The van der Waals surface area contributed by atoms with Crippen molar-refractivity contribution in [2.24, 2.45) is 16.7 Å². The standard InChI is InChI=1S/C42H46N4O5/c1-4-39-21-24(34(47)49-2)32-40(25-8-5-6-9-28(25)43-32)15-19-46(37(39)40)30(31-33(39)51-31)23-10-11-29-26(20-23)41-16-18-45-17-7-12-38(36(41)45)13-14-42(41,44-29)27(22-38)35(48)50-3/h5-12,20,27,30-31,33,36-37,43-44H,4,13-19,21-22H2,1-3H3/t27-,30+,31+,33+,36-,37-,38+,39+,40-,41+,42+/m0/s1. The summed E-state index contributed by atoms with van der Waals surface area (Å²) in [6, 6.07) is 16.6. The zero-order valence-electron chi connectivity index (χ0n) is 29.7. The van der Waals surface area contributed by atoms with Crippen molar-refractivity contribution in [3.05, 3.63) is 82.6 Å². The highest BCUT2D eigenvalue weighted by Crippen LogP contribution is 2.75. The van der Waals surface area contributed by atoms with E-state index < -0.39 is 0 Å². The van der Waals surface area contributed by atoms with E-state index in [1.54, 1.807) is 7.11 Å². The summed E-state index contributed by atoms with van der Waals surface area (Å²) >= 11 is 0. The van der Waals surface area contributed by atoms with Crippen molar-refractivity contribution in [3.63, 3.8) is 0 Å². The van der Waals surface area contributed by atoms with Gasteiger partial charge in [0.15, 0.2) is 0 Å². The van der Waals surface area contributed by atoms with E-state index in [0.717, 1.165) is 75.1 Å². The Morgan fingerprint density at radius 1 is 0.980 bits per heavy atom. The van der Waals surface area contributed by atoms with Crippen LogP contribution in [0.15, 0.2) is 65.9 Å². The Kier molecular flexibility index (Phi) is 5.43. The van der Waals surface area contributed by atoms with Crippen molar-refractivity contribution < 1.29 is 23.8 Å². The van der Waals surface area contributed by atoms with Crippen LogP contribution in [0.1, 0.15) is 74.6 Å². The molecule has 2 aromatic carbocycles. The lowest BCUT2D eigenvalue weighted by molar-refractivity contribution is -0.162. The van der Waals surface area contributed by atoms with Crippen LogP contribution < -0.4 is 10.6 Å². The highest BCUT2D eigenvalue weighted by Gasteiger charge is 2.80. The average Bonchev–Trinajstić information content (AvgIpc) is 3.43. The van der Waals surface area contributed by atoms with Crippen LogP contribution in [-0.2, 0) is 34.6 Å². The molecule has 2 N–H and O–H groups in total. The SMILES string of the molecule is CC[C@@]12CC(C(=O)OC)=C3Nc4ccccc4[C@@]34CCN([C@H](c3ccc5c(c3)[C@@]36CCN7CC=C[C@]8(CC[C@@]3(N5)[C@H](C(=O)OC)C8)[C@H]76)[C@H]3O[C@H]31)[C@@H]24. The number of nitrogens with one attached hydrogen (secondary N) is 2. The Balaban J connectivity index is 1.02. The molecule has 51 heavy (non-hydrogen) atoms. The van der Waals surface area contributed by atoms with Gasteiger partial charge in [0, 0.05) is 58.5 Å². The van der Waals surface area contributed by atoms with Gasteiger partial charge in [-0.1, -0.05) is 49.4 Å². The highest BCUT2D eigenvalue weighted by atomic mass is 16.6. The Hall–Kier alpha value is -3.66. The molecule has 2 aromatic rings. The number of ether oxygens (including phenoxy) is 3. The van der Waals surface area contributed by atoms with Crippen LogP contribution >= 0.6 is 0 Å². The van der Waals surface area contributed by atoms with E-state index in [1.165, 1.54) is 29.5 Å². The maximum atomic E-state index is 13.7. The predicted octanol–water partition coefficient (Wildman–Crippen LogP) is 5.19. The number of carbonyl (C=O) groups excluding carboxylic acids is 2. The molecule has 13 rings (SSSR count). The summed E-state index contributed by atoms with van der Waals surface area (Å²) in [6.45, 7) is 5.26. The minimum Gasteiger partial charge on any atom is -0.469 e. The first kappa shape index (κ1) is 29.9. The maximum absolute atomic E-state index is 13.7. The summed E-state index contributed by atoms with van der Waals surface area (Å²) in [4.78, 5) is 32.8. The predicted molar refractivity (Wildman–Crippen MR) is 190 cm³/mol. The number of fused-ring (bicyclic) bond motifs is 6. The molecule has 3 saturated carbocycles. The summed E-state index contributed by atoms with van der Waals surface area (Å²) < 4.78 is 18.0. The Labute approximate surface area is 298 Å².